The average molecular weight is 210 g/mol. The first-order valence-electron chi connectivity index (χ1n) is 4.65. The van der Waals surface area contributed by atoms with Gasteiger partial charge in [-0.1, -0.05) is 39.5 Å². The summed E-state index contributed by atoms with van der Waals surface area (Å²) in [6.07, 6.45) is 1.36. The Labute approximate surface area is 84.7 Å². The molecule has 0 amide bonds. The van der Waals surface area contributed by atoms with Crippen LogP contribution in [0.3, 0.4) is 0 Å². The molecule has 3 heteroatoms. The Hall–Kier alpha value is 0.467. The monoisotopic (exact) mass is 209 g/mol. The fraction of sp³-hybridized carbons (Fsp3) is 1.00. The van der Waals surface area contributed by atoms with Crippen LogP contribution >= 0.6 is 12.4 Å². The van der Waals surface area contributed by atoms with Crippen LogP contribution in [0.25, 0.3) is 0 Å². The van der Waals surface area contributed by atoms with Gasteiger partial charge in [-0.05, 0) is 13.0 Å². The van der Waals surface area contributed by atoms with E-state index in [4.69, 9.17) is 0 Å². The van der Waals surface area contributed by atoms with Crippen LogP contribution in [-0.4, -0.2) is 20.7 Å². The van der Waals surface area contributed by atoms with E-state index < -0.39 is 8.07 Å². The minimum atomic E-state index is -0.769. The molecule has 12 heavy (non-hydrogen) atoms. The van der Waals surface area contributed by atoms with E-state index in [0.717, 1.165) is 0 Å². The first kappa shape index (κ1) is 15.0. The molecule has 0 aromatic carbocycles. The second kappa shape index (κ2) is 6.93. The number of nitrogens with one attached hydrogen (secondary N) is 1. The van der Waals surface area contributed by atoms with Crippen molar-refractivity contribution in [1.29, 1.82) is 0 Å². The third kappa shape index (κ3) is 13.1. The molecule has 0 bridgehead atoms. The van der Waals surface area contributed by atoms with Crippen molar-refractivity contribution in [2.24, 2.45) is 0 Å². The molecule has 1 nitrogen and oxygen atoms in total. The molecule has 0 atom stereocenters. The van der Waals surface area contributed by atoms with Crippen LogP contribution in [0.15, 0.2) is 0 Å². The molecule has 0 heterocycles. The summed E-state index contributed by atoms with van der Waals surface area (Å²) in [6, 6.07) is 2.10. The Balaban J connectivity index is 0. The molecule has 0 fully saturated rings. The molecule has 0 aliphatic heterocycles. The minimum Gasteiger partial charge on any atom is -0.315 e. The van der Waals surface area contributed by atoms with Crippen LogP contribution in [0.5, 0.6) is 0 Å². The molecule has 0 unspecified atom stereocenters. The summed E-state index contributed by atoms with van der Waals surface area (Å²) in [5.74, 6) is 0. The zero-order valence-electron chi connectivity index (χ0n) is 9.11. The molecule has 0 saturated heterocycles. The lowest BCUT2D eigenvalue weighted by molar-refractivity contribution is 0.582. The molecular formula is C9H24ClNSi. The largest absolute Gasteiger partial charge is 0.315 e. The van der Waals surface area contributed by atoms with E-state index in [9.17, 15) is 0 Å². The molecule has 0 spiro atoms. The predicted molar refractivity (Wildman–Crippen MR) is 63.2 cm³/mol. The Morgan fingerprint density at radius 1 is 1.17 bits per heavy atom. The highest BCUT2D eigenvalue weighted by Crippen LogP contribution is 2.09. The predicted octanol–water partition coefficient (Wildman–Crippen LogP) is 3.13. The standard InChI is InChI=1S/C9H23NSi.ClH/c1-9(2)10-7-6-8-11(3,4)5;/h9-10H,6-8H2,1-5H3;1H. The van der Waals surface area contributed by atoms with Gasteiger partial charge in [0.25, 0.3) is 0 Å². The van der Waals surface area contributed by atoms with Crippen molar-refractivity contribution in [3.63, 3.8) is 0 Å². The Morgan fingerprint density at radius 3 is 2.00 bits per heavy atom. The van der Waals surface area contributed by atoms with E-state index in [-0.39, 0.29) is 12.4 Å². The fourth-order valence-electron chi connectivity index (χ4n) is 1.01. The van der Waals surface area contributed by atoms with E-state index >= 15 is 0 Å². The third-order valence-electron chi connectivity index (χ3n) is 1.66. The van der Waals surface area contributed by atoms with Gasteiger partial charge in [-0.15, -0.1) is 12.4 Å². The van der Waals surface area contributed by atoms with Gasteiger partial charge in [-0.3, -0.25) is 0 Å². The first-order chi connectivity index (χ1) is 4.92. The molecule has 0 aliphatic rings. The van der Waals surface area contributed by atoms with E-state index in [0.29, 0.717) is 6.04 Å². The highest BCUT2D eigenvalue weighted by atomic mass is 35.5. The van der Waals surface area contributed by atoms with Crippen molar-refractivity contribution in [1.82, 2.24) is 5.32 Å². The zero-order valence-corrected chi connectivity index (χ0v) is 10.9. The number of halogens is 1. The normalized spacial score (nSPS) is 11.5. The molecular weight excluding hydrogens is 186 g/mol. The molecule has 0 aliphatic carbocycles. The van der Waals surface area contributed by atoms with Gasteiger partial charge in [0.05, 0.1) is 0 Å². The van der Waals surface area contributed by atoms with E-state index in [2.05, 4.69) is 38.8 Å². The van der Waals surface area contributed by atoms with Crippen LogP contribution in [0.4, 0.5) is 0 Å². The molecule has 1 N–H and O–H groups in total. The van der Waals surface area contributed by atoms with Crippen molar-refractivity contribution in [3.05, 3.63) is 0 Å². The van der Waals surface area contributed by atoms with Crippen LogP contribution in [0.1, 0.15) is 20.3 Å². The number of hydrogen-bond donors (Lipinski definition) is 1. The maximum Gasteiger partial charge on any atom is 0.0443 e. The van der Waals surface area contributed by atoms with Gasteiger partial charge in [0.15, 0.2) is 0 Å². The summed E-state index contributed by atoms with van der Waals surface area (Å²) in [5.41, 5.74) is 0. The van der Waals surface area contributed by atoms with E-state index in [1.54, 1.807) is 0 Å². The topological polar surface area (TPSA) is 12.0 Å². The third-order valence-corrected chi connectivity index (χ3v) is 3.51. The van der Waals surface area contributed by atoms with Gasteiger partial charge in [0.2, 0.25) is 0 Å². The lowest BCUT2D eigenvalue weighted by atomic mass is 10.4. The van der Waals surface area contributed by atoms with Crippen LogP contribution in [0, 0.1) is 0 Å². The Kier molecular flexibility index (Phi) is 8.64. The second-order valence-corrected chi connectivity index (χ2v) is 10.4. The van der Waals surface area contributed by atoms with E-state index in [1.165, 1.54) is 19.0 Å². The van der Waals surface area contributed by atoms with Crippen LogP contribution < -0.4 is 5.32 Å². The quantitative estimate of drug-likeness (QED) is 0.542. The number of hydrogen-bond acceptors (Lipinski definition) is 1. The summed E-state index contributed by atoms with van der Waals surface area (Å²) in [4.78, 5) is 0. The maximum atomic E-state index is 3.44. The van der Waals surface area contributed by atoms with Gasteiger partial charge in [0, 0.05) is 14.1 Å². The molecule has 0 rings (SSSR count). The Morgan fingerprint density at radius 2 is 1.67 bits per heavy atom. The van der Waals surface area contributed by atoms with Crippen molar-refractivity contribution in [2.75, 3.05) is 6.54 Å². The Bertz CT molecular complexity index is 99.2. The van der Waals surface area contributed by atoms with Crippen LogP contribution in [0.2, 0.25) is 25.7 Å². The van der Waals surface area contributed by atoms with Gasteiger partial charge in [-0.2, -0.15) is 0 Å². The minimum absolute atomic E-state index is 0. The number of rotatable bonds is 5. The smallest absolute Gasteiger partial charge is 0.0443 e. The summed E-state index contributed by atoms with van der Waals surface area (Å²) in [7, 11) is -0.769. The van der Waals surface area contributed by atoms with Gasteiger partial charge in [-0.25, -0.2) is 0 Å². The van der Waals surface area contributed by atoms with Crippen molar-refractivity contribution in [2.45, 2.75) is 52.0 Å². The molecule has 0 saturated carbocycles. The first-order valence-corrected chi connectivity index (χ1v) is 8.36. The van der Waals surface area contributed by atoms with Crippen molar-refractivity contribution >= 4 is 20.5 Å². The maximum absolute atomic E-state index is 3.44. The van der Waals surface area contributed by atoms with Gasteiger partial charge in [0.1, 0.15) is 0 Å². The van der Waals surface area contributed by atoms with Crippen molar-refractivity contribution < 1.29 is 0 Å². The summed E-state index contributed by atoms with van der Waals surface area (Å²) in [6.45, 7) is 12.9. The zero-order chi connectivity index (χ0) is 8.91. The molecule has 76 valence electrons. The molecule has 0 aromatic rings. The van der Waals surface area contributed by atoms with Gasteiger partial charge < -0.3 is 5.32 Å². The van der Waals surface area contributed by atoms with Crippen molar-refractivity contribution in [3.8, 4) is 0 Å². The average Bonchev–Trinajstić information content (AvgIpc) is 1.78. The highest BCUT2D eigenvalue weighted by Gasteiger charge is 2.11. The summed E-state index contributed by atoms with van der Waals surface area (Å²) in [5, 5.41) is 3.44. The summed E-state index contributed by atoms with van der Waals surface area (Å²) >= 11 is 0. The lowest BCUT2D eigenvalue weighted by Gasteiger charge is -2.16. The molecule has 0 aromatic heterocycles. The van der Waals surface area contributed by atoms with E-state index in [1.807, 2.05) is 0 Å². The van der Waals surface area contributed by atoms with Crippen LogP contribution in [-0.2, 0) is 0 Å². The lowest BCUT2D eigenvalue weighted by Crippen LogP contribution is -2.26. The summed E-state index contributed by atoms with van der Waals surface area (Å²) < 4.78 is 0. The fourth-order valence-corrected chi connectivity index (χ4v) is 2.25. The SMILES string of the molecule is CC(C)NCCC[Si](C)(C)C.Cl. The second-order valence-electron chi connectivity index (χ2n) is 4.77. The highest BCUT2D eigenvalue weighted by molar-refractivity contribution is 6.76. The molecule has 0 radical (unpaired) electrons. The van der Waals surface area contributed by atoms with Gasteiger partial charge >= 0.3 is 0 Å².